The number of hydrogen-bond donors (Lipinski definition) is 2. The Kier molecular flexibility index (Phi) is 6.82. The van der Waals surface area contributed by atoms with Gasteiger partial charge in [0.05, 0.1) is 6.04 Å². The summed E-state index contributed by atoms with van der Waals surface area (Å²) in [6.07, 6.45) is 0. The molecule has 0 saturated carbocycles. The van der Waals surface area contributed by atoms with Crippen molar-refractivity contribution in [3.63, 3.8) is 0 Å². The maximum atomic E-state index is 14.1. The second kappa shape index (κ2) is 8.60. The van der Waals surface area contributed by atoms with Crippen molar-refractivity contribution in [2.45, 2.75) is 37.4 Å². The zero-order valence-corrected chi connectivity index (χ0v) is 17.7. The topological polar surface area (TPSA) is 91.7 Å². The molecule has 29 heavy (non-hydrogen) atoms. The number of rotatable bonds is 7. The van der Waals surface area contributed by atoms with Crippen molar-refractivity contribution >= 4 is 15.9 Å². The number of likely N-dealkylation sites (N-methyl/N-ethyl adjacent to an activating group) is 1. The molecule has 0 bridgehead atoms. The van der Waals surface area contributed by atoms with Gasteiger partial charge in [0.1, 0.15) is 11.6 Å². The summed E-state index contributed by atoms with van der Waals surface area (Å²) in [5, 5.41) is 2.12. The summed E-state index contributed by atoms with van der Waals surface area (Å²) in [6.45, 7) is 4.89. The van der Waals surface area contributed by atoms with Crippen molar-refractivity contribution in [2.24, 2.45) is 0 Å². The third-order valence-corrected chi connectivity index (χ3v) is 5.55. The predicted octanol–water partition coefficient (Wildman–Crippen LogP) is 2.67. The summed E-state index contributed by atoms with van der Waals surface area (Å²) in [4.78, 5) is 13.9. The molecule has 1 aromatic heterocycles. The third kappa shape index (κ3) is 5.84. The van der Waals surface area contributed by atoms with Crippen LogP contribution in [-0.2, 0) is 10.0 Å². The summed E-state index contributed by atoms with van der Waals surface area (Å²) in [5.41, 5.74) is -0.897. The van der Waals surface area contributed by atoms with Crippen LogP contribution in [-0.4, -0.2) is 45.4 Å². The summed E-state index contributed by atoms with van der Waals surface area (Å²) in [5.74, 6) is -2.38. The molecule has 1 aromatic carbocycles. The van der Waals surface area contributed by atoms with Gasteiger partial charge in [-0.25, -0.2) is 21.9 Å². The standard InChI is InChI=1S/C19H25F2N3O4S/c1-19(2,3)23-29(26,27)16-10-9-15(28-16)18(25)22-11-14(24(4)5)17-12(20)7-6-8-13(17)21/h6-10,14,23H,11H2,1-5H3,(H,22,25). The summed E-state index contributed by atoms with van der Waals surface area (Å²) < 4.78 is 60.4. The molecule has 0 aliphatic heterocycles. The highest BCUT2D eigenvalue weighted by Gasteiger charge is 2.27. The van der Waals surface area contributed by atoms with Gasteiger partial charge in [-0.15, -0.1) is 0 Å². The van der Waals surface area contributed by atoms with Gasteiger partial charge in [-0.2, -0.15) is 0 Å². The predicted molar refractivity (Wildman–Crippen MR) is 104 cm³/mol. The molecule has 1 amide bonds. The lowest BCUT2D eigenvalue weighted by atomic mass is 10.0. The molecule has 2 aromatic rings. The molecular formula is C19H25F2N3O4S. The fourth-order valence-corrected chi connectivity index (χ4v) is 4.04. The molecule has 0 aliphatic rings. The first-order valence-corrected chi connectivity index (χ1v) is 10.3. The van der Waals surface area contributed by atoms with Crippen LogP contribution in [0.5, 0.6) is 0 Å². The minimum absolute atomic E-state index is 0.118. The molecule has 0 aliphatic carbocycles. The molecule has 1 heterocycles. The zero-order valence-electron chi connectivity index (χ0n) is 16.9. The number of carbonyl (C=O) groups excluding carboxylic acids is 1. The maximum Gasteiger partial charge on any atom is 0.287 e. The number of carbonyl (C=O) groups is 1. The molecular weight excluding hydrogens is 404 g/mol. The van der Waals surface area contributed by atoms with Gasteiger partial charge in [0.15, 0.2) is 5.76 Å². The van der Waals surface area contributed by atoms with Gasteiger partial charge >= 0.3 is 0 Å². The Hall–Kier alpha value is -2.30. The summed E-state index contributed by atoms with van der Waals surface area (Å²) in [7, 11) is -0.687. The highest BCUT2D eigenvalue weighted by Crippen LogP contribution is 2.24. The zero-order chi connectivity index (χ0) is 22.0. The van der Waals surface area contributed by atoms with E-state index in [0.717, 1.165) is 12.1 Å². The Morgan fingerprint density at radius 3 is 2.24 bits per heavy atom. The first-order chi connectivity index (χ1) is 13.3. The van der Waals surface area contributed by atoms with Gasteiger partial charge < -0.3 is 14.6 Å². The van der Waals surface area contributed by atoms with E-state index in [2.05, 4.69) is 10.0 Å². The summed E-state index contributed by atoms with van der Waals surface area (Å²) in [6, 6.07) is 5.16. The average molecular weight is 429 g/mol. The fourth-order valence-electron chi connectivity index (χ4n) is 2.69. The molecule has 2 rings (SSSR count). The van der Waals surface area contributed by atoms with Gasteiger partial charge in [0, 0.05) is 17.6 Å². The lowest BCUT2D eigenvalue weighted by Crippen LogP contribution is -2.40. The first kappa shape index (κ1) is 23.0. The van der Waals surface area contributed by atoms with Crippen LogP contribution in [0.3, 0.4) is 0 Å². The lowest BCUT2D eigenvalue weighted by molar-refractivity contribution is 0.0907. The van der Waals surface area contributed by atoms with Crippen LogP contribution in [0.2, 0.25) is 0 Å². The molecule has 1 unspecified atom stereocenters. The molecule has 160 valence electrons. The number of nitrogens with zero attached hydrogens (tertiary/aromatic N) is 1. The molecule has 0 radical (unpaired) electrons. The SMILES string of the molecule is CN(C)C(CNC(=O)c1ccc(S(=O)(=O)NC(C)(C)C)o1)c1c(F)cccc1F. The van der Waals surface area contributed by atoms with Crippen LogP contribution in [0.1, 0.15) is 42.9 Å². The average Bonchev–Trinajstić information content (AvgIpc) is 3.05. The number of amides is 1. The van der Waals surface area contributed by atoms with E-state index in [0.29, 0.717) is 0 Å². The Morgan fingerprint density at radius 2 is 1.72 bits per heavy atom. The monoisotopic (exact) mass is 429 g/mol. The number of sulfonamides is 1. The Balaban J connectivity index is 2.15. The van der Waals surface area contributed by atoms with Gasteiger partial charge in [-0.1, -0.05) is 6.07 Å². The van der Waals surface area contributed by atoms with Gasteiger partial charge in [-0.05, 0) is 59.1 Å². The highest BCUT2D eigenvalue weighted by atomic mass is 32.2. The van der Waals surface area contributed by atoms with E-state index in [4.69, 9.17) is 4.42 Å². The molecule has 1 atom stereocenters. The smallest absolute Gasteiger partial charge is 0.287 e. The number of nitrogens with one attached hydrogen (secondary N) is 2. The highest BCUT2D eigenvalue weighted by molar-refractivity contribution is 7.89. The fraction of sp³-hybridized carbons (Fsp3) is 0.421. The van der Waals surface area contributed by atoms with Crippen LogP contribution < -0.4 is 10.0 Å². The molecule has 0 spiro atoms. The minimum Gasteiger partial charge on any atom is -0.438 e. The van der Waals surface area contributed by atoms with E-state index in [1.165, 1.54) is 18.2 Å². The van der Waals surface area contributed by atoms with Crippen LogP contribution in [0.15, 0.2) is 39.8 Å². The summed E-state index contributed by atoms with van der Waals surface area (Å²) >= 11 is 0. The van der Waals surface area contributed by atoms with E-state index < -0.39 is 44.2 Å². The van der Waals surface area contributed by atoms with Crippen LogP contribution in [0.25, 0.3) is 0 Å². The van der Waals surface area contributed by atoms with Gasteiger partial charge in [0.2, 0.25) is 5.09 Å². The van der Waals surface area contributed by atoms with E-state index in [9.17, 15) is 22.0 Å². The largest absolute Gasteiger partial charge is 0.438 e. The first-order valence-electron chi connectivity index (χ1n) is 8.84. The number of halogens is 2. The molecule has 0 saturated heterocycles. The van der Waals surface area contributed by atoms with E-state index in [1.807, 2.05) is 0 Å². The van der Waals surface area contributed by atoms with Crippen molar-refractivity contribution < 1.29 is 26.4 Å². The molecule has 0 fully saturated rings. The van der Waals surface area contributed by atoms with Crippen molar-refractivity contribution in [1.29, 1.82) is 0 Å². The number of furan rings is 1. The molecule has 2 N–H and O–H groups in total. The van der Waals surface area contributed by atoms with Crippen molar-refractivity contribution in [3.8, 4) is 0 Å². The van der Waals surface area contributed by atoms with E-state index >= 15 is 0 Å². The normalized spacial score (nSPS) is 13.5. The second-order valence-electron chi connectivity index (χ2n) is 7.80. The minimum atomic E-state index is -3.93. The Bertz CT molecular complexity index is 961. The maximum absolute atomic E-state index is 14.1. The lowest BCUT2D eigenvalue weighted by Gasteiger charge is -2.25. The number of benzene rings is 1. The van der Waals surface area contributed by atoms with Gasteiger partial charge in [0.25, 0.3) is 15.9 Å². The molecule has 10 heteroatoms. The number of hydrogen-bond acceptors (Lipinski definition) is 5. The van der Waals surface area contributed by atoms with Crippen molar-refractivity contribution in [3.05, 3.63) is 53.3 Å². The third-order valence-electron chi connectivity index (χ3n) is 3.92. The van der Waals surface area contributed by atoms with Gasteiger partial charge in [-0.3, -0.25) is 4.79 Å². The Labute approximate surface area is 169 Å². The van der Waals surface area contributed by atoms with Crippen LogP contribution in [0.4, 0.5) is 8.78 Å². The van der Waals surface area contributed by atoms with E-state index in [1.54, 1.807) is 39.8 Å². The molecule has 7 nitrogen and oxygen atoms in total. The van der Waals surface area contributed by atoms with Crippen LogP contribution >= 0.6 is 0 Å². The Morgan fingerprint density at radius 1 is 1.14 bits per heavy atom. The van der Waals surface area contributed by atoms with Crippen molar-refractivity contribution in [2.75, 3.05) is 20.6 Å². The second-order valence-corrected chi connectivity index (χ2v) is 9.41. The van der Waals surface area contributed by atoms with Crippen molar-refractivity contribution in [1.82, 2.24) is 14.9 Å². The quantitative estimate of drug-likeness (QED) is 0.706. The van der Waals surface area contributed by atoms with Crippen LogP contribution in [0, 0.1) is 11.6 Å². The van der Waals surface area contributed by atoms with E-state index in [-0.39, 0.29) is 17.9 Å².